The molecule has 118 valence electrons. The lowest BCUT2D eigenvalue weighted by molar-refractivity contribution is -0.137. The minimum atomic E-state index is -4.48. The molecule has 0 fully saturated rings. The second-order valence-electron chi connectivity index (χ2n) is 5.14. The van der Waals surface area contributed by atoms with Crippen molar-refractivity contribution in [3.8, 4) is 27.6 Å². The van der Waals surface area contributed by atoms with Gasteiger partial charge in [-0.2, -0.15) is 13.2 Å². The number of nitrogens with zero attached hydrogens (tertiary/aromatic N) is 1. The van der Waals surface area contributed by atoms with E-state index in [1.54, 1.807) is 5.38 Å². The quantitative estimate of drug-likeness (QED) is 0.670. The van der Waals surface area contributed by atoms with Crippen LogP contribution in [-0.4, -0.2) is 10.1 Å². The SMILES string of the molecule is Cc1cccc(-c2nc(-c3ccc(C(F)(F)F)cc3O)cs2)c1. The van der Waals surface area contributed by atoms with Gasteiger partial charge in [-0.05, 0) is 31.2 Å². The van der Waals surface area contributed by atoms with Crippen LogP contribution in [0.3, 0.4) is 0 Å². The minimum absolute atomic E-state index is 0.285. The molecule has 0 amide bonds. The van der Waals surface area contributed by atoms with E-state index in [0.717, 1.165) is 28.3 Å². The van der Waals surface area contributed by atoms with Crippen molar-refractivity contribution in [3.05, 3.63) is 59.0 Å². The van der Waals surface area contributed by atoms with E-state index in [0.29, 0.717) is 5.69 Å². The number of rotatable bonds is 2. The first-order valence-electron chi connectivity index (χ1n) is 6.78. The zero-order valence-corrected chi connectivity index (χ0v) is 12.9. The van der Waals surface area contributed by atoms with Gasteiger partial charge in [-0.25, -0.2) is 4.98 Å². The van der Waals surface area contributed by atoms with Crippen LogP contribution >= 0.6 is 11.3 Å². The lowest BCUT2D eigenvalue weighted by atomic mass is 10.1. The van der Waals surface area contributed by atoms with Crippen molar-refractivity contribution in [2.75, 3.05) is 0 Å². The number of phenols is 1. The number of benzene rings is 2. The molecule has 0 saturated carbocycles. The minimum Gasteiger partial charge on any atom is -0.507 e. The Bertz CT molecular complexity index is 855. The molecule has 0 radical (unpaired) electrons. The highest BCUT2D eigenvalue weighted by molar-refractivity contribution is 7.13. The molecule has 1 N–H and O–H groups in total. The van der Waals surface area contributed by atoms with Crippen LogP contribution in [0.15, 0.2) is 47.8 Å². The van der Waals surface area contributed by atoms with E-state index in [1.807, 2.05) is 31.2 Å². The van der Waals surface area contributed by atoms with Crippen molar-refractivity contribution in [1.82, 2.24) is 4.98 Å². The molecule has 3 aromatic rings. The highest BCUT2D eigenvalue weighted by Gasteiger charge is 2.31. The Balaban J connectivity index is 1.98. The fourth-order valence-corrected chi connectivity index (χ4v) is 3.05. The van der Waals surface area contributed by atoms with E-state index >= 15 is 0 Å². The Kier molecular flexibility index (Phi) is 3.85. The van der Waals surface area contributed by atoms with Gasteiger partial charge in [-0.1, -0.05) is 23.8 Å². The summed E-state index contributed by atoms with van der Waals surface area (Å²) >= 11 is 1.38. The molecule has 0 unspecified atom stereocenters. The lowest BCUT2D eigenvalue weighted by Gasteiger charge is -2.08. The Morgan fingerprint density at radius 2 is 1.87 bits per heavy atom. The molecule has 0 aliphatic carbocycles. The first-order valence-corrected chi connectivity index (χ1v) is 7.66. The number of hydrogen-bond donors (Lipinski definition) is 1. The van der Waals surface area contributed by atoms with E-state index in [4.69, 9.17) is 0 Å². The summed E-state index contributed by atoms with van der Waals surface area (Å²) in [5, 5.41) is 12.4. The van der Waals surface area contributed by atoms with E-state index < -0.39 is 17.5 Å². The Labute approximate surface area is 134 Å². The van der Waals surface area contributed by atoms with Crippen LogP contribution in [0.2, 0.25) is 0 Å². The average Bonchev–Trinajstić information content (AvgIpc) is 2.96. The first-order chi connectivity index (χ1) is 10.8. The number of aromatic hydroxyl groups is 1. The molecule has 0 atom stereocenters. The third kappa shape index (κ3) is 3.22. The van der Waals surface area contributed by atoms with Gasteiger partial charge in [0, 0.05) is 16.5 Å². The maximum atomic E-state index is 12.6. The van der Waals surface area contributed by atoms with Gasteiger partial charge in [0.05, 0.1) is 11.3 Å². The average molecular weight is 335 g/mol. The van der Waals surface area contributed by atoms with Crippen molar-refractivity contribution in [2.24, 2.45) is 0 Å². The van der Waals surface area contributed by atoms with E-state index in [-0.39, 0.29) is 5.56 Å². The van der Waals surface area contributed by atoms with Gasteiger partial charge >= 0.3 is 6.18 Å². The summed E-state index contributed by atoms with van der Waals surface area (Å²) in [5.41, 5.74) is 1.89. The predicted molar refractivity (Wildman–Crippen MR) is 84.4 cm³/mol. The van der Waals surface area contributed by atoms with E-state index in [2.05, 4.69) is 4.98 Å². The van der Waals surface area contributed by atoms with Crippen LogP contribution in [0, 0.1) is 6.92 Å². The maximum Gasteiger partial charge on any atom is 0.416 e. The largest absolute Gasteiger partial charge is 0.507 e. The summed E-state index contributed by atoms with van der Waals surface area (Å²) in [7, 11) is 0. The highest BCUT2D eigenvalue weighted by atomic mass is 32.1. The number of phenolic OH excluding ortho intramolecular Hbond substituents is 1. The van der Waals surface area contributed by atoms with Gasteiger partial charge in [-0.15, -0.1) is 11.3 Å². The first kappa shape index (κ1) is 15.6. The highest BCUT2D eigenvalue weighted by Crippen LogP contribution is 2.37. The molecular weight excluding hydrogens is 323 g/mol. The number of aromatic nitrogens is 1. The zero-order chi connectivity index (χ0) is 16.6. The Morgan fingerprint density at radius 3 is 2.52 bits per heavy atom. The molecule has 6 heteroatoms. The fraction of sp³-hybridized carbons (Fsp3) is 0.118. The number of hydrogen-bond acceptors (Lipinski definition) is 3. The number of alkyl halides is 3. The number of thiazole rings is 1. The van der Waals surface area contributed by atoms with Crippen LogP contribution in [0.1, 0.15) is 11.1 Å². The third-order valence-corrected chi connectivity index (χ3v) is 4.26. The molecule has 1 aromatic heterocycles. The van der Waals surface area contributed by atoms with Crippen molar-refractivity contribution in [3.63, 3.8) is 0 Å². The number of halogens is 3. The third-order valence-electron chi connectivity index (χ3n) is 3.37. The summed E-state index contributed by atoms with van der Waals surface area (Å²) < 4.78 is 37.9. The van der Waals surface area contributed by atoms with Gasteiger partial charge in [0.25, 0.3) is 0 Å². The normalized spacial score (nSPS) is 11.7. The van der Waals surface area contributed by atoms with Crippen LogP contribution in [0.5, 0.6) is 5.75 Å². The Hall–Kier alpha value is -2.34. The second kappa shape index (κ2) is 5.70. The van der Waals surface area contributed by atoms with Gasteiger partial charge in [0.2, 0.25) is 0 Å². The smallest absolute Gasteiger partial charge is 0.416 e. The van der Waals surface area contributed by atoms with Crippen molar-refractivity contribution in [1.29, 1.82) is 0 Å². The molecule has 0 aliphatic heterocycles. The second-order valence-corrected chi connectivity index (χ2v) is 6.00. The molecule has 3 rings (SSSR count). The lowest BCUT2D eigenvalue weighted by Crippen LogP contribution is -2.04. The van der Waals surface area contributed by atoms with Crippen LogP contribution in [0.25, 0.3) is 21.8 Å². The predicted octanol–water partition coefficient (Wildman–Crippen LogP) is 5.51. The molecule has 23 heavy (non-hydrogen) atoms. The monoisotopic (exact) mass is 335 g/mol. The molecule has 0 saturated heterocycles. The zero-order valence-electron chi connectivity index (χ0n) is 12.1. The molecular formula is C17H12F3NOS. The van der Waals surface area contributed by atoms with Crippen molar-refractivity contribution < 1.29 is 18.3 Å². The fourth-order valence-electron chi connectivity index (χ4n) is 2.23. The topological polar surface area (TPSA) is 33.1 Å². The van der Waals surface area contributed by atoms with Gasteiger partial charge in [0.1, 0.15) is 10.8 Å². The van der Waals surface area contributed by atoms with Crippen molar-refractivity contribution in [2.45, 2.75) is 13.1 Å². The molecule has 1 heterocycles. The summed E-state index contributed by atoms with van der Waals surface area (Å²) in [5.74, 6) is -0.430. The van der Waals surface area contributed by atoms with Crippen LogP contribution < -0.4 is 0 Å². The summed E-state index contributed by atoms with van der Waals surface area (Å²) in [6, 6.07) is 10.7. The maximum absolute atomic E-state index is 12.6. The summed E-state index contributed by atoms with van der Waals surface area (Å²) in [6.07, 6.45) is -4.48. The molecule has 0 spiro atoms. The van der Waals surface area contributed by atoms with E-state index in [1.165, 1.54) is 17.4 Å². The van der Waals surface area contributed by atoms with Gasteiger partial charge in [-0.3, -0.25) is 0 Å². The van der Waals surface area contributed by atoms with Gasteiger partial charge < -0.3 is 5.11 Å². The molecule has 2 nitrogen and oxygen atoms in total. The van der Waals surface area contributed by atoms with Crippen LogP contribution in [-0.2, 0) is 6.18 Å². The van der Waals surface area contributed by atoms with E-state index in [9.17, 15) is 18.3 Å². The van der Waals surface area contributed by atoms with Gasteiger partial charge in [0.15, 0.2) is 0 Å². The molecule has 0 aliphatic rings. The Morgan fingerprint density at radius 1 is 1.09 bits per heavy atom. The summed E-state index contributed by atoms with van der Waals surface area (Å²) in [4.78, 5) is 4.42. The van der Waals surface area contributed by atoms with Crippen LogP contribution in [0.4, 0.5) is 13.2 Å². The molecule has 0 bridgehead atoms. The molecule has 2 aromatic carbocycles. The van der Waals surface area contributed by atoms with Crippen molar-refractivity contribution >= 4 is 11.3 Å². The standard InChI is InChI=1S/C17H12F3NOS/c1-10-3-2-4-11(7-10)16-21-14(9-23-16)13-6-5-12(8-15(13)22)17(18,19)20/h2-9,22H,1H3. The number of aryl methyl sites for hydroxylation is 1. The summed E-state index contributed by atoms with van der Waals surface area (Å²) in [6.45, 7) is 1.97.